The predicted octanol–water partition coefficient (Wildman–Crippen LogP) is 0.998. The molecule has 0 N–H and O–H groups in total. The maximum Gasteiger partial charge on any atom is 0.249 e. The molecule has 0 saturated heterocycles. The second-order valence-corrected chi connectivity index (χ2v) is 2.98. The summed E-state index contributed by atoms with van der Waals surface area (Å²) in [4.78, 5) is 23.5. The Morgan fingerprint density at radius 2 is 1.75 bits per heavy atom. The lowest BCUT2D eigenvalue weighted by molar-refractivity contribution is -0.133. The van der Waals surface area contributed by atoms with Gasteiger partial charge in [-0.05, 0) is 20.8 Å². The first-order chi connectivity index (χ1) is 5.37. The SMILES string of the molecule is C=C(C)C(=O)N(C)C(C)C(C)=O. The first-order valence-corrected chi connectivity index (χ1v) is 3.81. The van der Waals surface area contributed by atoms with Crippen molar-refractivity contribution < 1.29 is 9.59 Å². The van der Waals surface area contributed by atoms with Gasteiger partial charge in [-0.25, -0.2) is 0 Å². The quantitative estimate of drug-likeness (QED) is 0.591. The summed E-state index contributed by atoms with van der Waals surface area (Å²) in [5.41, 5.74) is 0.450. The zero-order valence-corrected chi connectivity index (χ0v) is 8.05. The third-order valence-corrected chi connectivity index (χ3v) is 1.85. The van der Waals surface area contributed by atoms with Crippen LogP contribution in [0.25, 0.3) is 0 Å². The summed E-state index contributed by atoms with van der Waals surface area (Å²) in [6.45, 7) is 8.31. The molecule has 68 valence electrons. The minimum Gasteiger partial charge on any atom is -0.332 e. The van der Waals surface area contributed by atoms with Crippen LogP contribution in [0.3, 0.4) is 0 Å². The van der Waals surface area contributed by atoms with Crippen LogP contribution in [0.15, 0.2) is 12.2 Å². The molecule has 0 aromatic rings. The fraction of sp³-hybridized carbons (Fsp3) is 0.556. The second-order valence-electron chi connectivity index (χ2n) is 2.98. The summed E-state index contributed by atoms with van der Waals surface area (Å²) < 4.78 is 0. The lowest BCUT2D eigenvalue weighted by Gasteiger charge is -2.22. The molecule has 12 heavy (non-hydrogen) atoms. The number of ketones is 1. The maximum absolute atomic E-state index is 11.3. The van der Waals surface area contributed by atoms with Crippen molar-refractivity contribution in [3.63, 3.8) is 0 Å². The van der Waals surface area contributed by atoms with Gasteiger partial charge in [-0.2, -0.15) is 0 Å². The lowest BCUT2D eigenvalue weighted by Crippen LogP contribution is -2.39. The average Bonchev–Trinajstić information content (AvgIpc) is 2.00. The van der Waals surface area contributed by atoms with Crippen LogP contribution >= 0.6 is 0 Å². The molecular weight excluding hydrogens is 154 g/mol. The van der Waals surface area contributed by atoms with Crippen molar-refractivity contribution in [2.24, 2.45) is 0 Å². The molecule has 1 amide bonds. The molecule has 1 unspecified atom stereocenters. The summed E-state index contributed by atoms with van der Waals surface area (Å²) in [6.07, 6.45) is 0. The third-order valence-electron chi connectivity index (χ3n) is 1.85. The summed E-state index contributed by atoms with van der Waals surface area (Å²) in [5, 5.41) is 0. The van der Waals surface area contributed by atoms with Crippen LogP contribution in [-0.2, 0) is 9.59 Å². The molecule has 0 aromatic carbocycles. The van der Waals surface area contributed by atoms with Gasteiger partial charge in [-0.3, -0.25) is 9.59 Å². The van der Waals surface area contributed by atoms with Crippen molar-refractivity contribution in [3.05, 3.63) is 12.2 Å². The topological polar surface area (TPSA) is 37.4 Å². The van der Waals surface area contributed by atoms with Crippen molar-refractivity contribution >= 4 is 11.7 Å². The molecule has 0 fully saturated rings. The van der Waals surface area contributed by atoms with Crippen molar-refractivity contribution in [2.75, 3.05) is 7.05 Å². The van der Waals surface area contributed by atoms with Gasteiger partial charge in [0.15, 0.2) is 5.78 Å². The molecule has 0 aliphatic carbocycles. The van der Waals surface area contributed by atoms with Crippen LogP contribution in [0.4, 0.5) is 0 Å². The normalized spacial score (nSPS) is 12.0. The molecule has 0 aliphatic rings. The van der Waals surface area contributed by atoms with E-state index in [1.807, 2.05) is 0 Å². The van der Waals surface area contributed by atoms with Crippen LogP contribution in [0.5, 0.6) is 0 Å². The smallest absolute Gasteiger partial charge is 0.249 e. The fourth-order valence-corrected chi connectivity index (χ4v) is 0.750. The monoisotopic (exact) mass is 169 g/mol. The molecule has 0 saturated carbocycles. The first-order valence-electron chi connectivity index (χ1n) is 3.81. The van der Waals surface area contributed by atoms with E-state index in [9.17, 15) is 9.59 Å². The minimum absolute atomic E-state index is 0.0212. The molecule has 0 rings (SSSR count). The molecule has 0 bridgehead atoms. The molecule has 0 heterocycles. The highest BCUT2D eigenvalue weighted by Crippen LogP contribution is 2.02. The largest absolute Gasteiger partial charge is 0.332 e. The van der Waals surface area contributed by atoms with Gasteiger partial charge >= 0.3 is 0 Å². The van der Waals surface area contributed by atoms with Gasteiger partial charge in [0.05, 0.1) is 6.04 Å². The summed E-state index contributed by atoms with van der Waals surface area (Å²) in [7, 11) is 1.60. The highest BCUT2D eigenvalue weighted by molar-refractivity contribution is 5.95. The summed E-state index contributed by atoms with van der Waals surface area (Å²) >= 11 is 0. The van der Waals surface area contributed by atoms with E-state index < -0.39 is 0 Å². The van der Waals surface area contributed by atoms with E-state index in [1.54, 1.807) is 20.9 Å². The molecule has 0 aliphatic heterocycles. The van der Waals surface area contributed by atoms with Crippen molar-refractivity contribution in [2.45, 2.75) is 26.8 Å². The third kappa shape index (κ3) is 2.49. The Morgan fingerprint density at radius 1 is 1.33 bits per heavy atom. The zero-order valence-electron chi connectivity index (χ0n) is 8.05. The Morgan fingerprint density at radius 3 is 2.00 bits per heavy atom. The minimum atomic E-state index is -0.366. The van der Waals surface area contributed by atoms with E-state index >= 15 is 0 Å². The summed E-state index contributed by atoms with van der Waals surface area (Å²) in [5.74, 6) is -0.204. The van der Waals surface area contributed by atoms with Gasteiger partial charge in [-0.15, -0.1) is 0 Å². The second kappa shape index (κ2) is 4.04. The van der Waals surface area contributed by atoms with Crippen LogP contribution in [0, 0.1) is 0 Å². The standard InChI is InChI=1S/C9H15NO2/c1-6(2)9(12)10(5)7(3)8(4)11/h7H,1H2,2-5H3. The molecule has 0 spiro atoms. The summed E-state index contributed by atoms with van der Waals surface area (Å²) in [6, 6.07) is -0.366. The Kier molecular flexibility index (Phi) is 3.67. The number of carbonyl (C=O) groups excluding carboxylic acids is 2. The Balaban J connectivity index is 4.39. The number of nitrogens with zero attached hydrogens (tertiary/aromatic N) is 1. The average molecular weight is 169 g/mol. The first kappa shape index (κ1) is 10.9. The van der Waals surface area contributed by atoms with Gasteiger partial charge in [-0.1, -0.05) is 6.58 Å². The van der Waals surface area contributed by atoms with Crippen LogP contribution < -0.4 is 0 Å². The van der Waals surface area contributed by atoms with Crippen LogP contribution in [0.2, 0.25) is 0 Å². The zero-order chi connectivity index (χ0) is 9.89. The fourth-order valence-electron chi connectivity index (χ4n) is 0.750. The van der Waals surface area contributed by atoms with Crippen molar-refractivity contribution in [3.8, 4) is 0 Å². The molecule has 0 aromatic heterocycles. The molecular formula is C9H15NO2. The molecule has 1 atom stereocenters. The number of carbonyl (C=O) groups is 2. The van der Waals surface area contributed by atoms with E-state index in [1.165, 1.54) is 11.8 Å². The van der Waals surface area contributed by atoms with Crippen LogP contribution in [0.1, 0.15) is 20.8 Å². The number of hydrogen-bond acceptors (Lipinski definition) is 2. The number of rotatable bonds is 3. The highest BCUT2D eigenvalue weighted by atomic mass is 16.2. The highest BCUT2D eigenvalue weighted by Gasteiger charge is 2.18. The number of amides is 1. The van der Waals surface area contributed by atoms with Gasteiger partial charge in [0, 0.05) is 12.6 Å². The Hall–Kier alpha value is -1.12. The van der Waals surface area contributed by atoms with Crippen LogP contribution in [-0.4, -0.2) is 29.7 Å². The number of likely N-dealkylation sites (N-methyl/N-ethyl adjacent to an activating group) is 1. The lowest BCUT2D eigenvalue weighted by atomic mass is 10.2. The predicted molar refractivity (Wildman–Crippen MR) is 47.7 cm³/mol. The number of hydrogen-bond donors (Lipinski definition) is 0. The molecule has 3 heteroatoms. The Labute approximate surface area is 73.1 Å². The maximum atomic E-state index is 11.3. The van der Waals surface area contributed by atoms with Gasteiger partial charge < -0.3 is 4.90 Å². The van der Waals surface area contributed by atoms with E-state index in [4.69, 9.17) is 0 Å². The van der Waals surface area contributed by atoms with E-state index in [0.717, 1.165) is 0 Å². The number of Topliss-reactive ketones (excluding diaryl/α,β-unsaturated/α-hetero) is 1. The van der Waals surface area contributed by atoms with Gasteiger partial charge in [0.2, 0.25) is 5.91 Å². The van der Waals surface area contributed by atoms with E-state index in [0.29, 0.717) is 5.57 Å². The molecule has 0 radical (unpaired) electrons. The van der Waals surface area contributed by atoms with E-state index in [2.05, 4.69) is 6.58 Å². The Bertz CT molecular complexity index is 221. The van der Waals surface area contributed by atoms with Gasteiger partial charge in [0.25, 0.3) is 0 Å². The van der Waals surface area contributed by atoms with E-state index in [-0.39, 0.29) is 17.7 Å². The van der Waals surface area contributed by atoms with Crippen molar-refractivity contribution in [1.29, 1.82) is 0 Å². The molecule has 3 nitrogen and oxygen atoms in total. The van der Waals surface area contributed by atoms with Gasteiger partial charge in [0.1, 0.15) is 0 Å². The van der Waals surface area contributed by atoms with Crippen molar-refractivity contribution in [1.82, 2.24) is 4.90 Å².